The van der Waals surface area contributed by atoms with Crippen LogP contribution < -0.4 is 5.32 Å². The molecule has 0 fully saturated rings. The first-order valence-corrected chi connectivity index (χ1v) is 6.85. The van der Waals surface area contributed by atoms with E-state index in [1.54, 1.807) is 18.2 Å². The van der Waals surface area contributed by atoms with Crippen LogP contribution >= 0.6 is 0 Å². The number of nitrogens with one attached hydrogen (secondary N) is 1. The Morgan fingerprint density at radius 1 is 1.15 bits per heavy atom. The van der Waals surface area contributed by atoms with Gasteiger partial charge in [-0.25, -0.2) is 4.39 Å². The van der Waals surface area contributed by atoms with Crippen LogP contribution in [-0.4, -0.2) is 18.2 Å². The molecule has 0 saturated heterocycles. The molecule has 2 rings (SSSR count). The van der Waals surface area contributed by atoms with Crippen LogP contribution in [0.25, 0.3) is 0 Å². The zero-order chi connectivity index (χ0) is 14.4. The van der Waals surface area contributed by atoms with Gasteiger partial charge in [-0.2, -0.15) is 0 Å². The Balaban J connectivity index is 1.77. The number of aliphatic hydroxyl groups excluding tert-OH is 1. The molecule has 0 amide bonds. The van der Waals surface area contributed by atoms with E-state index in [-0.39, 0.29) is 5.82 Å². The molecule has 20 heavy (non-hydrogen) atoms. The summed E-state index contributed by atoms with van der Waals surface area (Å²) in [5, 5.41) is 13.1. The van der Waals surface area contributed by atoms with Gasteiger partial charge in [0.1, 0.15) is 5.82 Å². The lowest BCUT2D eigenvalue weighted by Gasteiger charge is -2.13. The van der Waals surface area contributed by atoms with Crippen molar-refractivity contribution in [2.75, 3.05) is 13.1 Å². The van der Waals surface area contributed by atoms with Crippen molar-refractivity contribution in [2.45, 2.75) is 19.4 Å². The highest BCUT2D eigenvalue weighted by Crippen LogP contribution is 2.15. The van der Waals surface area contributed by atoms with Gasteiger partial charge in [-0.1, -0.05) is 48.0 Å². The first-order chi connectivity index (χ1) is 9.66. The van der Waals surface area contributed by atoms with Gasteiger partial charge >= 0.3 is 0 Å². The number of aryl methyl sites for hydroxylation is 1. The molecule has 0 bridgehead atoms. The molecule has 106 valence electrons. The Bertz CT molecular complexity index is 556. The van der Waals surface area contributed by atoms with Gasteiger partial charge in [0, 0.05) is 12.1 Å². The van der Waals surface area contributed by atoms with Crippen LogP contribution in [-0.2, 0) is 6.42 Å². The fraction of sp³-hybridized carbons (Fsp3) is 0.294. The highest BCUT2D eigenvalue weighted by Gasteiger charge is 2.11. The summed E-state index contributed by atoms with van der Waals surface area (Å²) in [6, 6.07) is 14.7. The predicted molar refractivity (Wildman–Crippen MR) is 79.1 cm³/mol. The molecular weight excluding hydrogens is 253 g/mol. The minimum Gasteiger partial charge on any atom is -0.387 e. The van der Waals surface area contributed by atoms with E-state index in [2.05, 4.69) is 30.4 Å². The Morgan fingerprint density at radius 2 is 1.95 bits per heavy atom. The van der Waals surface area contributed by atoms with Gasteiger partial charge in [0.2, 0.25) is 0 Å². The summed E-state index contributed by atoms with van der Waals surface area (Å²) in [7, 11) is 0. The monoisotopic (exact) mass is 273 g/mol. The third-order valence-corrected chi connectivity index (χ3v) is 3.27. The van der Waals surface area contributed by atoms with E-state index in [1.807, 2.05) is 6.07 Å². The fourth-order valence-electron chi connectivity index (χ4n) is 2.19. The van der Waals surface area contributed by atoms with Crippen molar-refractivity contribution in [3.8, 4) is 0 Å². The van der Waals surface area contributed by atoms with Crippen molar-refractivity contribution in [3.63, 3.8) is 0 Å². The second-order valence-corrected chi connectivity index (χ2v) is 4.98. The third-order valence-electron chi connectivity index (χ3n) is 3.27. The van der Waals surface area contributed by atoms with Crippen LogP contribution in [0.3, 0.4) is 0 Å². The standard InChI is InChI=1S/C17H20FNO/c1-13-5-4-6-14(11-13)9-10-19-12-17(20)15-7-2-3-8-16(15)18/h2-8,11,17,19-20H,9-10,12H2,1H3. The van der Waals surface area contributed by atoms with E-state index < -0.39 is 6.10 Å². The number of hydrogen-bond acceptors (Lipinski definition) is 2. The summed E-state index contributed by atoms with van der Waals surface area (Å²) in [4.78, 5) is 0. The average Bonchev–Trinajstić information content (AvgIpc) is 2.44. The second-order valence-electron chi connectivity index (χ2n) is 4.98. The normalized spacial score (nSPS) is 12.3. The van der Waals surface area contributed by atoms with Crippen LogP contribution in [0.4, 0.5) is 4.39 Å². The SMILES string of the molecule is Cc1cccc(CCNCC(O)c2ccccc2F)c1. The maximum atomic E-state index is 13.5. The first kappa shape index (κ1) is 14.7. The van der Waals surface area contributed by atoms with Crippen LogP contribution in [0.2, 0.25) is 0 Å². The molecule has 0 spiro atoms. The molecule has 0 heterocycles. The Morgan fingerprint density at radius 3 is 2.70 bits per heavy atom. The number of halogens is 1. The van der Waals surface area contributed by atoms with Gasteiger partial charge in [-0.3, -0.25) is 0 Å². The van der Waals surface area contributed by atoms with Crippen molar-refractivity contribution in [3.05, 3.63) is 71.0 Å². The smallest absolute Gasteiger partial charge is 0.129 e. The lowest BCUT2D eigenvalue weighted by molar-refractivity contribution is 0.170. The van der Waals surface area contributed by atoms with Gasteiger partial charge in [0.05, 0.1) is 6.10 Å². The zero-order valence-electron chi connectivity index (χ0n) is 11.6. The number of benzene rings is 2. The van der Waals surface area contributed by atoms with E-state index in [9.17, 15) is 9.50 Å². The number of hydrogen-bond donors (Lipinski definition) is 2. The highest BCUT2D eigenvalue weighted by atomic mass is 19.1. The summed E-state index contributed by atoms with van der Waals surface area (Å²) in [6.45, 7) is 3.18. The molecule has 1 atom stereocenters. The molecule has 2 aromatic rings. The van der Waals surface area contributed by atoms with Crippen LogP contribution in [0.15, 0.2) is 48.5 Å². The average molecular weight is 273 g/mol. The largest absolute Gasteiger partial charge is 0.387 e. The second kappa shape index (κ2) is 7.17. The van der Waals surface area contributed by atoms with E-state index >= 15 is 0 Å². The van der Waals surface area contributed by atoms with Gasteiger partial charge in [0.15, 0.2) is 0 Å². The van der Waals surface area contributed by atoms with Crippen LogP contribution in [0.5, 0.6) is 0 Å². The van der Waals surface area contributed by atoms with Gasteiger partial charge < -0.3 is 10.4 Å². The Kier molecular flexibility index (Phi) is 5.27. The maximum absolute atomic E-state index is 13.5. The van der Waals surface area contributed by atoms with Gasteiger partial charge in [0.25, 0.3) is 0 Å². The Hall–Kier alpha value is -1.71. The van der Waals surface area contributed by atoms with Gasteiger partial charge in [-0.05, 0) is 31.5 Å². The topological polar surface area (TPSA) is 32.3 Å². The minimum atomic E-state index is -0.811. The molecule has 2 aromatic carbocycles. The lowest BCUT2D eigenvalue weighted by Crippen LogP contribution is -2.24. The summed E-state index contributed by atoms with van der Waals surface area (Å²) in [5.41, 5.74) is 2.85. The molecule has 0 aliphatic rings. The van der Waals surface area contributed by atoms with Crippen molar-refractivity contribution < 1.29 is 9.50 Å². The fourth-order valence-corrected chi connectivity index (χ4v) is 2.19. The van der Waals surface area contributed by atoms with Crippen molar-refractivity contribution >= 4 is 0 Å². The number of aliphatic hydroxyl groups is 1. The maximum Gasteiger partial charge on any atom is 0.129 e. The molecule has 0 saturated carbocycles. The minimum absolute atomic E-state index is 0.343. The highest BCUT2D eigenvalue weighted by molar-refractivity contribution is 5.22. The molecule has 3 heteroatoms. The van der Waals surface area contributed by atoms with E-state index in [0.29, 0.717) is 12.1 Å². The number of rotatable bonds is 6. The van der Waals surface area contributed by atoms with Crippen molar-refractivity contribution in [1.29, 1.82) is 0 Å². The van der Waals surface area contributed by atoms with E-state index in [0.717, 1.165) is 13.0 Å². The summed E-state index contributed by atoms with van der Waals surface area (Å²) in [5.74, 6) is -0.361. The van der Waals surface area contributed by atoms with Crippen LogP contribution in [0, 0.1) is 12.7 Å². The molecule has 0 aliphatic heterocycles. The molecule has 2 nitrogen and oxygen atoms in total. The third kappa shape index (κ3) is 4.15. The molecule has 2 N–H and O–H groups in total. The summed E-state index contributed by atoms with van der Waals surface area (Å²) in [6.07, 6.45) is 0.0831. The summed E-state index contributed by atoms with van der Waals surface area (Å²) < 4.78 is 13.5. The van der Waals surface area contributed by atoms with E-state index in [1.165, 1.54) is 17.2 Å². The molecule has 0 aliphatic carbocycles. The van der Waals surface area contributed by atoms with E-state index in [4.69, 9.17) is 0 Å². The molecular formula is C17H20FNO. The van der Waals surface area contributed by atoms with Crippen molar-refractivity contribution in [1.82, 2.24) is 5.32 Å². The van der Waals surface area contributed by atoms with Crippen molar-refractivity contribution in [2.24, 2.45) is 0 Å². The Labute approximate surface area is 119 Å². The quantitative estimate of drug-likeness (QED) is 0.793. The lowest BCUT2D eigenvalue weighted by atomic mass is 10.1. The zero-order valence-corrected chi connectivity index (χ0v) is 11.6. The molecule has 1 unspecified atom stereocenters. The summed E-state index contributed by atoms with van der Waals surface area (Å²) >= 11 is 0. The first-order valence-electron chi connectivity index (χ1n) is 6.85. The molecule has 0 aromatic heterocycles. The van der Waals surface area contributed by atoms with Crippen LogP contribution in [0.1, 0.15) is 22.8 Å². The molecule has 0 radical (unpaired) electrons. The predicted octanol–water partition coefficient (Wildman–Crippen LogP) is 3.00. The van der Waals surface area contributed by atoms with Gasteiger partial charge in [-0.15, -0.1) is 0 Å².